The molecular formula is C14H18N2O4S. The van der Waals surface area contributed by atoms with Gasteiger partial charge in [-0.15, -0.1) is 11.3 Å². The molecule has 1 saturated heterocycles. The van der Waals surface area contributed by atoms with Crippen molar-refractivity contribution < 1.29 is 19.4 Å². The van der Waals surface area contributed by atoms with E-state index in [0.29, 0.717) is 22.9 Å². The zero-order valence-electron chi connectivity index (χ0n) is 11.6. The fraction of sp³-hybridized carbons (Fsp3) is 0.571. The predicted molar refractivity (Wildman–Crippen MR) is 78.4 cm³/mol. The third-order valence-electron chi connectivity index (χ3n) is 3.68. The van der Waals surface area contributed by atoms with E-state index in [1.807, 2.05) is 0 Å². The Kier molecular flexibility index (Phi) is 3.97. The Bertz CT molecular complexity index is 547. The summed E-state index contributed by atoms with van der Waals surface area (Å²) in [5, 5.41) is 16.3. The van der Waals surface area contributed by atoms with Gasteiger partial charge in [-0.1, -0.05) is 0 Å². The van der Waals surface area contributed by atoms with Crippen molar-refractivity contribution >= 4 is 28.2 Å². The van der Waals surface area contributed by atoms with Gasteiger partial charge in [0.25, 0.3) is 5.91 Å². The van der Waals surface area contributed by atoms with E-state index in [1.54, 1.807) is 12.1 Å². The van der Waals surface area contributed by atoms with E-state index in [9.17, 15) is 14.7 Å². The molecule has 0 bridgehead atoms. The second-order valence-electron chi connectivity index (χ2n) is 5.64. The lowest BCUT2D eigenvalue weighted by Crippen LogP contribution is -2.43. The van der Waals surface area contributed by atoms with Crippen LogP contribution >= 0.6 is 11.3 Å². The lowest BCUT2D eigenvalue weighted by atomic mass is 10.0. The van der Waals surface area contributed by atoms with Crippen molar-refractivity contribution in [1.29, 1.82) is 0 Å². The number of carbonyl (C=O) groups excluding carboxylic acids is 2. The summed E-state index contributed by atoms with van der Waals surface area (Å²) in [6.45, 7) is 0.941. The van der Waals surface area contributed by atoms with Crippen molar-refractivity contribution in [2.75, 3.05) is 25.1 Å². The fourth-order valence-corrected chi connectivity index (χ4v) is 2.99. The monoisotopic (exact) mass is 310 g/mol. The van der Waals surface area contributed by atoms with Crippen LogP contribution in [0.3, 0.4) is 0 Å². The smallest absolute Gasteiger partial charge is 0.261 e. The van der Waals surface area contributed by atoms with Crippen molar-refractivity contribution in [1.82, 2.24) is 5.32 Å². The Balaban J connectivity index is 1.52. The lowest BCUT2D eigenvalue weighted by molar-refractivity contribution is -0.117. The standard InChI is InChI=1S/C14H18N2O4S/c17-12(9-1-2-9)16-11-4-3-10(21-11)13(18)15-7-14(19)5-6-20-8-14/h3-4,9,19H,1-2,5-8H2,(H,15,18)(H,16,17). The van der Waals surface area contributed by atoms with Gasteiger partial charge < -0.3 is 20.5 Å². The predicted octanol–water partition coefficient (Wildman–Crippen LogP) is 0.978. The first-order valence-corrected chi connectivity index (χ1v) is 7.86. The Labute approximate surface area is 126 Å². The van der Waals surface area contributed by atoms with Crippen molar-refractivity contribution in [2.45, 2.75) is 24.9 Å². The molecule has 2 amide bonds. The van der Waals surface area contributed by atoms with Crippen LogP contribution in [0, 0.1) is 5.92 Å². The minimum atomic E-state index is -0.962. The topological polar surface area (TPSA) is 87.7 Å². The maximum absolute atomic E-state index is 12.0. The Morgan fingerprint density at radius 1 is 1.43 bits per heavy atom. The van der Waals surface area contributed by atoms with Gasteiger partial charge in [0.15, 0.2) is 0 Å². The van der Waals surface area contributed by atoms with E-state index in [2.05, 4.69) is 10.6 Å². The van der Waals surface area contributed by atoms with Crippen LogP contribution < -0.4 is 10.6 Å². The van der Waals surface area contributed by atoms with Crippen molar-refractivity contribution in [2.24, 2.45) is 5.92 Å². The molecule has 21 heavy (non-hydrogen) atoms. The van der Waals surface area contributed by atoms with Crippen molar-refractivity contribution in [3.8, 4) is 0 Å². The molecule has 0 aromatic carbocycles. The largest absolute Gasteiger partial charge is 0.386 e. The molecule has 1 unspecified atom stereocenters. The third-order valence-corrected chi connectivity index (χ3v) is 4.68. The summed E-state index contributed by atoms with van der Waals surface area (Å²) in [6.07, 6.45) is 2.43. The maximum atomic E-state index is 12.0. The molecule has 1 aromatic rings. The zero-order chi connectivity index (χ0) is 14.9. The number of hydrogen-bond donors (Lipinski definition) is 3. The molecule has 2 fully saturated rings. The van der Waals surface area contributed by atoms with Crippen molar-refractivity contribution in [3.05, 3.63) is 17.0 Å². The van der Waals surface area contributed by atoms with E-state index in [-0.39, 0.29) is 30.9 Å². The molecule has 1 aliphatic carbocycles. The SMILES string of the molecule is O=C(NCC1(O)CCOC1)c1ccc(NC(=O)C2CC2)s1. The molecular weight excluding hydrogens is 292 g/mol. The van der Waals surface area contributed by atoms with Gasteiger partial charge in [-0.2, -0.15) is 0 Å². The number of hydrogen-bond acceptors (Lipinski definition) is 5. The van der Waals surface area contributed by atoms with Crippen LogP contribution in [0.25, 0.3) is 0 Å². The van der Waals surface area contributed by atoms with Gasteiger partial charge >= 0.3 is 0 Å². The zero-order valence-corrected chi connectivity index (χ0v) is 12.4. The molecule has 2 aliphatic rings. The van der Waals surface area contributed by atoms with Crippen LogP contribution in [-0.2, 0) is 9.53 Å². The minimum Gasteiger partial charge on any atom is -0.386 e. The van der Waals surface area contributed by atoms with Gasteiger partial charge in [-0.3, -0.25) is 9.59 Å². The average molecular weight is 310 g/mol. The molecule has 0 radical (unpaired) electrons. The highest BCUT2D eigenvalue weighted by molar-refractivity contribution is 7.18. The first kappa shape index (κ1) is 14.5. The molecule has 1 aliphatic heterocycles. The van der Waals surface area contributed by atoms with Crippen LogP contribution in [0.4, 0.5) is 5.00 Å². The molecule has 2 heterocycles. The lowest BCUT2D eigenvalue weighted by Gasteiger charge is -2.20. The summed E-state index contributed by atoms with van der Waals surface area (Å²) < 4.78 is 5.13. The molecule has 3 N–H and O–H groups in total. The number of nitrogens with one attached hydrogen (secondary N) is 2. The van der Waals surface area contributed by atoms with Crippen LogP contribution in [0.15, 0.2) is 12.1 Å². The van der Waals surface area contributed by atoms with Crippen molar-refractivity contribution in [3.63, 3.8) is 0 Å². The first-order valence-electron chi connectivity index (χ1n) is 7.05. The second-order valence-corrected chi connectivity index (χ2v) is 6.72. The normalized spacial score (nSPS) is 24.8. The number of aliphatic hydroxyl groups is 1. The fourth-order valence-electron chi connectivity index (χ4n) is 2.16. The molecule has 3 rings (SSSR count). The highest BCUT2D eigenvalue weighted by Crippen LogP contribution is 2.31. The molecule has 1 aromatic heterocycles. The summed E-state index contributed by atoms with van der Waals surface area (Å²) >= 11 is 1.24. The number of thiophene rings is 1. The van der Waals surface area contributed by atoms with Gasteiger partial charge in [0.05, 0.1) is 16.5 Å². The van der Waals surface area contributed by atoms with Crippen LogP contribution in [-0.4, -0.2) is 42.3 Å². The highest BCUT2D eigenvalue weighted by Gasteiger charge is 2.33. The number of anilines is 1. The molecule has 6 nitrogen and oxygen atoms in total. The summed E-state index contributed by atoms with van der Waals surface area (Å²) in [5.74, 6) is -0.0746. The van der Waals surface area contributed by atoms with Gasteiger partial charge in [-0.05, 0) is 25.0 Å². The summed E-state index contributed by atoms with van der Waals surface area (Å²) in [4.78, 5) is 24.2. The van der Waals surface area contributed by atoms with Crippen LogP contribution in [0.5, 0.6) is 0 Å². The van der Waals surface area contributed by atoms with Gasteiger partial charge in [0, 0.05) is 25.5 Å². The molecule has 1 saturated carbocycles. The molecule has 114 valence electrons. The van der Waals surface area contributed by atoms with Gasteiger partial charge in [0.2, 0.25) is 5.91 Å². The summed E-state index contributed by atoms with van der Waals surface area (Å²) in [5.41, 5.74) is -0.962. The molecule has 1 atom stereocenters. The number of ether oxygens (including phenoxy) is 1. The van der Waals surface area contributed by atoms with Gasteiger partial charge in [-0.25, -0.2) is 0 Å². The number of amides is 2. The van der Waals surface area contributed by atoms with E-state index in [1.165, 1.54) is 11.3 Å². The Morgan fingerprint density at radius 3 is 2.90 bits per heavy atom. The highest BCUT2D eigenvalue weighted by atomic mass is 32.1. The second kappa shape index (κ2) is 5.75. The van der Waals surface area contributed by atoms with E-state index in [4.69, 9.17) is 4.74 Å². The number of carbonyl (C=O) groups is 2. The minimum absolute atomic E-state index is 0.0289. The molecule has 7 heteroatoms. The molecule has 0 spiro atoms. The van der Waals surface area contributed by atoms with Crippen LogP contribution in [0.1, 0.15) is 28.9 Å². The quantitative estimate of drug-likeness (QED) is 0.756. The van der Waals surface area contributed by atoms with E-state index >= 15 is 0 Å². The van der Waals surface area contributed by atoms with E-state index < -0.39 is 5.60 Å². The van der Waals surface area contributed by atoms with E-state index in [0.717, 1.165) is 12.8 Å². The van der Waals surface area contributed by atoms with Gasteiger partial charge in [0.1, 0.15) is 5.60 Å². The first-order chi connectivity index (χ1) is 10.1. The Morgan fingerprint density at radius 2 is 2.24 bits per heavy atom. The maximum Gasteiger partial charge on any atom is 0.261 e. The summed E-state index contributed by atoms with van der Waals surface area (Å²) in [6, 6.07) is 3.41. The summed E-state index contributed by atoms with van der Waals surface area (Å²) in [7, 11) is 0. The third kappa shape index (κ3) is 3.61. The van der Waals surface area contributed by atoms with Crippen LogP contribution in [0.2, 0.25) is 0 Å². The number of rotatable bonds is 5. The Hall–Kier alpha value is -1.44. The average Bonchev–Trinajstić information content (AvgIpc) is 3.08.